The molecule has 0 amide bonds. The average Bonchev–Trinajstić information content (AvgIpc) is 3.40. The van der Waals surface area contributed by atoms with Crippen LogP contribution < -0.4 is 15.9 Å². The van der Waals surface area contributed by atoms with Crippen molar-refractivity contribution in [2.45, 2.75) is 20.3 Å². The highest BCUT2D eigenvalue weighted by molar-refractivity contribution is 7.33. The van der Waals surface area contributed by atoms with Crippen LogP contribution in [-0.2, 0) is 18.6 Å². The molecule has 1 aliphatic rings. The Morgan fingerprint density at radius 1 is 1.30 bits per heavy atom. The van der Waals surface area contributed by atoms with Gasteiger partial charge in [0.15, 0.2) is 0 Å². The lowest BCUT2D eigenvalue weighted by Gasteiger charge is -2.17. The molecule has 0 spiro atoms. The molecule has 1 fully saturated rings. The van der Waals surface area contributed by atoms with Crippen molar-refractivity contribution in [3.8, 4) is 5.75 Å². The van der Waals surface area contributed by atoms with Crippen LogP contribution in [0.25, 0.3) is 6.20 Å². The molecule has 10 heteroatoms. The van der Waals surface area contributed by atoms with Gasteiger partial charge in [-0.15, -0.1) is 0 Å². The fourth-order valence-electron chi connectivity index (χ4n) is 2.71. The average molecular weight is 433 g/mol. The summed E-state index contributed by atoms with van der Waals surface area (Å²) in [7, 11) is -2.81. The second-order valence-corrected chi connectivity index (χ2v) is 8.36. The third-order valence-corrected chi connectivity index (χ3v) is 5.39. The van der Waals surface area contributed by atoms with E-state index < -0.39 is 19.4 Å². The standard InChI is InChI=1S/C20H24N3O6P/c1-14(2)18(24)27-12-20(13-28-30(26)29-16-6-4-3-5-7-16)10-15(20)11-23-9-8-17(21)22-19(23)25/h3-9,11,14,30H,10,12-13H2,1-2H3,(H2,21,22,25)/b15-11-. The number of anilines is 1. The number of hydrogen-bond donors (Lipinski definition) is 1. The molecule has 1 saturated carbocycles. The summed E-state index contributed by atoms with van der Waals surface area (Å²) in [6, 6.07) is 10.2. The molecule has 1 heterocycles. The van der Waals surface area contributed by atoms with Crippen LogP contribution >= 0.6 is 8.25 Å². The van der Waals surface area contributed by atoms with Crippen molar-refractivity contribution in [1.82, 2.24) is 9.55 Å². The van der Waals surface area contributed by atoms with Crippen LogP contribution in [0, 0.1) is 11.3 Å². The summed E-state index contributed by atoms with van der Waals surface area (Å²) in [5.41, 5.74) is 5.12. The van der Waals surface area contributed by atoms with Crippen LogP contribution in [0.5, 0.6) is 5.75 Å². The number of benzene rings is 1. The maximum atomic E-state index is 12.2. The first-order valence-electron chi connectivity index (χ1n) is 9.41. The Kier molecular flexibility index (Phi) is 6.74. The van der Waals surface area contributed by atoms with Gasteiger partial charge in [0, 0.05) is 12.4 Å². The Bertz CT molecular complexity index is 1020. The minimum atomic E-state index is -2.81. The first kappa shape index (κ1) is 21.8. The van der Waals surface area contributed by atoms with Crippen molar-refractivity contribution in [3.63, 3.8) is 0 Å². The fraction of sp³-hybridized carbons (Fsp3) is 0.350. The molecule has 1 aromatic carbocycles. The molecule has 0 radical (unpaired) electrons. The predicted octanol–water partition coefficient (Wildman–Crippen LogP) is 2.74. The van der Waals surface area contributed by atoms with Crippen molar-refractivity contribution < 1.29 is 23.1 Å². The number of esters is 1. The van der Waals surface area contributed by atoms with Crippen LogP contribution in [0.15, 0.2) is 53.0 Å². The lowest BCUT2D eigenvalue weighted by molar-refractivity contribution is -0.149. The largest absolute Gasteiger partial charge is 0.464 e. The van der Waals surface area contributed by atoms with E-state index >= 15 is 0 Å². The molecule has 0 saturated heterocycles. The van der Waals surface area contributed by atoms with Gasteiger partial charge in [-0.1, -0.05) is 32.0 Å². The lowest BCUT2D eigenvalue weighted by atomic mass is 10.1. The lowest BCUT2D eigenvalue weighted by Crippen LogP contribution is -2.23. The number of nitrogens with zero attached hydrogens (tertiary/aromatic N) is 2. The number of carbonyl (C=O) groups excluding carboxylic acids is 1. The quantitative estimate of drug-likeness (QED) is 0.473. The molecule has 0 aliphatic heterocycles. The van der Waals surface area contributed by atoms with Gasteiger partial charge in [-0.2, -0.15) is 4.98 Å². The SMILES string of the molecule is CC(C)C(=O)OCC1(CO[PH](=O)Oc2ccccc2)C/C1=C/n1ccc(N)nc1=O. The molecule has 2 N–H and O–H groups in total. The number of para-hydroxylation sites is 1. The number of rotatable bonds is 9. The molecule has 2 aromatic rings. The topological polar surface area (TPSA) is 123 Å². The van der Waals surface area contributed by atoms with E-state index in [-0.39, 0.29) is 30.9 Å². The van der Waals surface area contributed by atoms with Gasteiger partial charge in [0.05, 0.1) is 17.9 Å². The Morgan fingerprint density at radius 3 is 2.70 bits per heavy atom. The van der Waals surface area contributed by atoms with Gasteiger partial charge in [0.2, 0.25) is 0 Å². The van der Waals surface area contributed by atoms with Gasteiger partial charge in [-0.25, -0.2) is 9.36 Å². The summed E-state index contributed by atoms with van der Waals surface area (Å²) < 4.78 is 29.7. The summed E-state index contributed by atoms with van der Waals surface area (Å²) in [6.45, 7) is 3.54. The monoisotopic (exact) mass is 433 g/mol. The van der Waals surface area contributed by atoms with Gasteiger partial charge in [-0.3, -0.25) is 9.36 Å². The minimum Gasteiger partial charge on any atom is -0.464 e. The molecule has 160 valence electrons. The van der Waals surface area contributed by atoms with E-state index in [0.717, 1.165) is 5.57 Å². The number of ether oxygens (including phenoxy) is 1. The highest BCUT2D eigenvalue weighted by atomic mass is 31.1. The molecular weight excluding hydrogens is 409 g/mol. The minimum absolute atomic E-state index is 0.0198. The predicted molar refractivity (Wildman–Crippen MR) is 112 cm³/mol. The van der Waals surface area contributed by atoms with Gasteiger partial charge in [-0.05, 0) is 30.2 Å². The highest BCUT2D eigenvalue weighted by Crippen LogP contribution is 2.54. The van der Waals surface area contributed by atoms with E-state index in [2.05, 4.69) is 4.98 Å². The summed E-state index contributed by atoms with van der Waals surface area (Å²) in [5.74, 6) is -0.0611. The second-order valence-electron chi connectivity index (χ2n) is 7.37. The molecule has 9 nitrogen and oxygen atoms in total. The molecule has 2 atom stereocenters. The zero-order chi connectivity index (χ0) is 21.7. The van der Waals surface area contributed by atoms with Crippen molar-refractivity contribution in [2.24, 2.45) is 11.3 Å². The maximum absolute atomic E-state index is 12.2. The van der Waals surface area contributed by atoms with Crippen LogP contribution in [0.2, 0.25) is 0 Å². The van der Waals surface area contributed by atoms with E-state index in [9.17, 15) is 14.2 Å². The molecular formula is C20H24N3O6P. The second kappa shape index (κ2) is 9.28. The first-order chi connectivity index (χ1) is 14.3. The van der Waals surface area contributed by atoms with Crippen LogP contribution in [0.1, 0.15) is 20.3 Å². The molecule has 1 aromatic heterocycles. The van der Waals surface area contributed by atoms with Crippen LogP contribution in [-0.4, -0.2) is 28.7 Å². The Morgan fingerprint density at radius 2 is 2.03 bits per heavy atom. The molecule has 2 unspecified atom stereocenters. The maximum Gasteiger partial charge on any atom is 0.367 e. The molecule has 30 heavy (non-hydrogen) atoms. The van der Waals surface area contributed by atoms with E-state index in [1.54, 1.807) is 44.3 Å². The third kappa shape index (κ3) is 5.58. The Labute approximate surface area is 174 Å². The van der Waals surface area contributed by atoms with Crippen LogP contribution in [0.4, 0.5) is 5.82 Å². The summed E-state index contributed by atoms with van der Waals surface area (Å²) in [5, 5.41) is 0. The van der Waals surface area contributed by atoms with Crippen molar-refractivity contribution in [1.29, 1.82) is 0 Å². The third-order valence-electron chi connectivity index (χ3n) is 4.60. The molecule has 0 bridgehead atoms. The fourth-order valence-corrected chi connectivity index (χ4v) is 3.49. The van der Waals surface area contributed by atoms with Crippen LogP contribution in [0.3, 0.4) is 0 Å². The Balaban J connectivity index is 1.71. The summed E-state index contributed by atoms with van der Waals surface area (Å²) in [6.07, 6.45) is 3.62. The first-order valence-corrected chi connectivity index (χ1v) is 10.6. The van der Waals surface area contributed by atoms with Gasteiger partial charge in [0.25, 0.3) is 0 Å². The van der Waals surface area contributed by atoms with Crippen molar-refractivity contribution in [3.05, 3.63) is 58.7 Å². The normalized spacial score (nSPS) is 20.2. The van der Waals surface area contributed by atoms with Crippen molar-refractivity contribution >= 4 is 26.2 Å². The Hall–Kier alpha value is -2.90. The van der Waals surface area contributed by atoms with Gasteiger partial charge < -0.3 is 19.5 Å². The zero-order valence-electron chi connectivity index (χ0n) is 16.7. The van der Waals surface area contributed by atoms with Crippen molar-refractivity contribution in [2.75, 3.05) is 18.9 Å². The smallest absolute Gasteiger partial charge is 0.367 e. The molecule has 1 aliphatic carbocycles. The number of hydrogen-bond acceptors (Lipinski definition) is 8. The summed E-state index contributed by atoms with van der Waals surface area (Å²) >= 11 is 0. The molecule has 3 rings (SSSR count). The van der Waals surface area contributed by atoms with E-state index in [4.69, 9.17) is 19.5 Å². The number of aromatic nitrogens is 2. The van der Waals surface area contributed by atoms with Gasteiger partial charge in [0.1, 0.15) is 18.2 Å². The zero-order valence-corrected chi connectivity index (χ0v) is 17.7. The highest BCUT2D eigenvalue weighted by Gasteiger charge is 2.51. The summed E-state index contributed by atoms with van der Waals surface area (Å²) in [4.78, 5) is 27.6. The number of carbonyl (C=O) groups is 1. The van der Waals surface area contributed by atoms with E-state index in [1.807, 2.05) is 6.07 Å². The number of nitrogen functional groups attached to an aromatic ring is 1. The van der Waals surface area contributed by atoms with E-state index in [0.29, 0.717) is 12.2 Å². The van der Waals surface area contributed by atoms with E-state index in [1.165, 1.54) is 16.8 Å². The number of nitrogens with two attached hydrogens (primary N) is 1. The van der Waals surface area contributed by atoms with Gasteiger partial charge >= 0.3 is 19.9 Å².